The second-order valence-corrected chi connectivity index (χ2v) is 8.96. The number of benzene rings is 1. The van der Waals surface area contributed by atoms with Crippen LogP contribution in [0, 0.1) is 0 Å². The van der Waals surface area contributed by atoms with Crippen LogP contribution in [0.1, 0.15) is 19.4 Å². The summed E-state index contributed by atoms with van der Waals surface area (Å²) in [5, 5.41) is 5.12. The zero-order chi connectivity index (χ0) is 18.4. The van der Waals surface area contributed by atoms with Crippen molar-refractivity contribution in [2.45, 2.75) is 28.5 Å². The van der Waals surface area contributed by atoms with Crippen molar-refractivity contribution in [2.24, 2.45) is 4.99 Å². The third kappa shape index (κ3) is 6.94. The van der Waals surface area contributed by atoms with Gasteiger partial charge in [0.1, 0.15) is 5.37 Å². The third-order valence-corrected chi connectivity index (χ3v) is 5.43. The molecule has 1 aromatic carbocycles. The Morgan fingerprint density at radius 1 is 1.32 bits per heavy atom. The minimum atomic E-state index is -1.68. The van der Waals surface area contributed by atoms with E-state index in [1.165, 1.54) is 17.8 Å². The highest BCUT2D eigenvalue weighted by Gasteiger charge is 2.36. The molecule has 8 heteroatoms. The average Bonchev–Trinajstić information content (AvgIpc) is 2.51. The second-order valence-electron chi connectivity index (χ2n) is 5.40. The van der Waals surface area contributed by atoms with Gasteiger partial charge in [-0.3, -0.25) is 9.79 Å². The molecule has 2 rings (SSSR count). The highest BCUT2D eigenvalue weighted by molar-refractivity contribution is 8.00. The van der Waals surface area contributed by atoms with Crippen LogP contribution >= 0.6 is 46.6 Å². The zero-order valence-corrected chi connectivity index (χ0v) is 16.8. The fraction of sp³-hybridized carbons (Fsp3) is 0.294. The highest BCUT2D eigenvalue weighted by Crippen LogP contribution is 2.38. The van der Waals surface area contributed by atoms with Gasteiger partial charge in [-0.2, -0.15) is 0 Å². The number of hydrogen-bond donors (Lipinski definition) is 2. The summed E-state index contributed by atoms with van der Waals surface area (Å²) < 4.78 is -1.68. The van der Waals surface area contributed by atoms with Gasteiger partial charge in [0, 0.05) is 17.5 Å². The third-order valence-electron chi connectivity index (χ3n) is 3.16. The van der Waals surface area contributed by atoms with E-state index in [1.807, 2.05) is 50.3 Å². The summed E-state index contributed by atoms with van der Waals surface area (Å²) in [6.07, 6.45) is 5.03. The molecule has 4 nitrogen and oxygen atoms in total. The van der Waals surface area contributed by atoms with Crippen molar-refractivity contribution < 1.29 is 4.79 Å². The predicted molar refractivity (Wildman–Crippen MR) is 109 cm³/mol. The summed E-state index contributed by atoms with van der Waals surface area (Å²) in [5.74, 6) is -0.351. The number of alkyl halides is 3. The zero-order valence-electron chi connectivity index (χ0n) is 13.7. The fourth-order valence-electron chi connectivity index (χ4n) is 2.10. The van der Waals surface area contributed by atoms with Crippen molar-refractivity contribution >= 4 is 64.3 Å². The van der Waals surface area contributed by atoms with Gasteiger partial charge in [-0.15, -0.1) is 0 Å². The number of hydrogen-bond acceptors (Lipinski definition) is 4. The Balaban J connectivity index is 2.02. The summed E-state index contributed by atoms with van der Waals surface area (Å²) >= 11 is 19.3. The monoisotopic (exact) mass is 417 g/mol. The number of amides is 1. The van der Waals surface area contributed by atoms with Crippen LogP contribution in [0.4, 0.5) is 0 Å². The molecule has 2 unspecified atom stereocenters. The van der Waals surface area contributed by atoms with Crippen molar-refractivity contribution in [3.8, 4) is 0 Å². The van der Waals surface area contributed by atoms with E-state index in [2.05, 4.69) is 15.6 Å². The van der Waals surface area contributed by atoms with Crippen molar-refractivity contribution in [3.63, 3.8) is 0 Å². The van der Waals surface area contributed by atoms with Crippen molar-refractivity contribution in [1.29, 1.82) is 0 Å². The van der Waals surface area contributed by atoms with Crippen LogP contribution in [-0.4, -0.2) is 26.3 Å². The SMILES string of the molecule is CC1=CC(C)=NC(SC(NC(=O)C=Cc2ccccc2)C(Cl)(Cl)Cl)N1. The number of carbonyl (C=O) groups excluding carboxylic acids is 1. The molecule has 134 valence electrons. The molecule has 1 aromatic rings. The number of nitrogens with zero attached hydrogens (tertiary/aromatic N) is 1. The van der Waals surface area contributed by atoms with Crippen LogP contribution in [-0.2, 0) is 4.79 Å². The molecule has 0 bridgehead atoms. The Morgan fingerprint density at radius 2 is 2.00 bits per heavy atom. The summed E-state index contributed by atoms with van der Waals surface area (Å²) in [4.78, 5) is 16.6. The largest absolute Gasteiger partial charge is 0.359 e. The smallest absolute Gasteiger partial charge is 0.245 e. The quantitative estimate of drug-likeness (QED) is 0.420. The Morgan fingerprint density at radius 3 is 2.60 bits per heavy atom. The molecule has 0 radical (unpaired) electrons. The number of aliphatic imine (C=N–C) groups is 1. The van der Waals surface area contributed by atoms with Crippen molar-refractivity contribution in [3.05, 3.63) is 53.7 Å². The van der Waals surface area contributed by atoms with Gasteiger partial charge in [0.05, 0.1) is 0 Å². The first-order valence-corrected chi connectivity index (χ1v) is 9.57. The maximum absolute atomic E-state index is 12.2. The van der Waals surface area contributed by atoms with Crippen molar-refractivity contribution in [2.75, 3.05) is 0 Å². The lowest BCUT2D eigenvalue weighted by atomic mass is 10.2. The Hall–Kier alpha value is -1.14. The van der Waals surface area contributed by atoms with Crippen LogP contribution in [0.2, 0.25) is 0 Å². The van der Waals surface area contributed by atoms with Gasteiger partial charge in [0.25, 0.3) is 0 Å². The number of thioether (sulfide) groups is 1. The fourth-order valence-corrected chi connectivity index (χ4v) is 3.81. The molecule has 0 saturated carbocycles. The molecule has 0 saturated heterocycles. The van der Waals surface area contributed by atoms with Gasteiger partial charge in [0.2, 0.25) is 9.70 Å². The van der Waals surface area contributed by atoms with Gasteiger partial charge in [0.15, 0.2) is 5.50 Å². The molecule has 0 aliphatic carbocycles. The molecule has 25 heavy (non-hydrogen) atoms. The highest BCUT2D eigenvalue weighted by atomic mass is 35.6. The standard InChI is InChI=1S/C17H18Cl3N3OS/c1-11-10-12(2)22-16(21-11)25-15(17(18,19)20)23-14(24)9-8-13-6-4-3-5-7-13/h3-10,15-16,21H,1-2H3,(H,23,24). The minimum Gasteiger partial charge on any atom is -0.359 e. The first-order chi connectivity index (χ1) is 11.7. The molecule has 2 N–H and O–H groups in total. The Kier molecular flexibility index (Phi) is 7.25. The first kappa shape index (κ1) is 20.2. The van der Waals surface area contributed by atoms with Gasteiger partial charge < -0.3 is 10.6 Å². The number of carbonyl (C=O) groups is 1. The van der Waals surface area contributed by atoms with E-state index in [1.54, 1.807) is 6.08 Å². The van der Waals surface area contributed by atoms with Gasteiger partial charge in [-0.05, 0) is 31.6 Å². The molecule has 0 aromatic heterocycles. The lowest BCUT2D eigenvalue weighted by molar-refractivity contribution is -0.116. The number of halogens is 3. The van der Waals surface area contributed by atoms with Crippen LogP contribution in [0.25, 0.3) is 6.08 Å². The van der Waals surface area contributed by atoms with Crippen molar-refractivity contribution in [1.82, 2.24) is 10.6 Å². The topological polar surface area (TPSA) is 53.5 Å². The minimum absolute atomic E-state index is 0.343. The normalized spacial score (nSPS) is 19.0. The summed E-state index contributed by atoms with van der Waals surface area (Å²) in [5.41, 5.74) is 2.39. The maximum Gasteiger partial charge on any atom is 0.245 e. The summed E-state index contributed by atoms with van der Waals surface area (Å²) in [6.45, 7) is 3.82. The van der Waals surface area contributed by atoms with Gasteiger partial charge >= 0.3 is 0 Å². The van der Waals surface area contributed by atoms with E-state index in [-0.39, 0.29) is 11.4 Å². The van der Waals surface area contributed by atoms with E-state index < -0.39 is 9.17 Å². The molecule has 1 aliphatic heterocycles. The summed E-state index contributed by atoms with van der Waals surface area (Å²) in [7, 11) is 0. The van der Waals surface area contributed by atoms with Crippen LogP contribution in [0.5, 0.6) is 0 Å². The molecular weight excluding hydrogens is 401 g/mol. The first-order valence-electron chi connectivity index (χ1n) is 7.49. The van der Waals surface area contributed by atoms with Gasteiger partial charge in [-0.1, -0.05) is 76.9 Å². The lowest BCUT2D eigenvalue weighted by Gasteiger charge is -2.29. The van der Waals surface area contributed by atoms with E-state index in [4.69, 9.17) is 34.8 Å². The average molecular weight is 419 g/mol. The van der Waals surface area contributed by atoms with E-state index in [0.717, 1.165) is 17.0 Å². The predicted octanol–water partition coefficient (Wildman–Crippen LogP) is 4.50. The number of nitrogens with one attached hydrogen (secondary N) is 2. The van der Waals surface area contributed by atoms with E-state index >= 15 is 0 Å². The van der Waals surface area contributed by atoms with Gasteiger partial charge in [-0.25, -0.2) is 0 Å². The molecule has 2 atom stereocenters. The molecular formula is C17H18Cl3N3OS. The number of allylic oxidation sites excluding steroid dienone is 2. The Labute approximate surface area is 166 Å². The Bertz CT molecular complexity index is 699. The van der Waals surface area contributed by atoms with Crippen LogP contribution < -0.4 is 10.6 Å². The number of rotatable bonds is 5. The van der Waals surface area contributed by atoms with Crippen LogP contribution in [0.15, 0.2) is 53.2 Å². The van der Waals surface area contributed by atoms with Crippen LogP contribution in [0.3, 0.4) is 0 Å². The van der Waals surface area contributed by atoms with E-state index in [0.29, 0.717) is 0 Å². The molecule has 0 spiro atoms. The molecule has 0 fully saturated rings. The molecule has 1 aliphatic rings. The summed E-state index contributed by atoms with van der Waals surface area (Å²) in [6, 6.07) is 9.47. The van der Waals surface area contributed by atoms with E-state index in [9.17, 15) is 4.79 Å². The lowest BCUT2D eigenvalue weighted by Crippen LogP contribution is -2.43. The second kappa shape index (κ2) is 8.99. The maximum atomic E-state index is 12.2. The molecule has 1 heterocycles. The molecule has 1 amide bonds.